The van der Waals surface area contributed by atoms with Gasteiger partial charge in [-0.05, 0) is 12.8 Å². The van der Waals surface area contributed by atoms with Crippen LogP contribution < -0.4 is 0 Å². The van der Waals surface area contributed by atoms with E-state index < -0.39 is 0 Å². The predicted molar refractivity (Wildman–Crippen MR) is 46.2 cm³/mol. The van der Waals surface area contributed by atoms with Crippen molar-refractivity contribution in [3.05, 3.63) is 0 Å². The van der Waals surface area contributed by atoms with E-state index in [1.165, 1.54) is 19.4 Å². The van der Waals surface area contributed by atoms with Gasteiger partial charge in [0, 0.05) is 32.3 Å². The van der Waals surface area contributed by atoms with Gasteiger partial charge in [-0.25, -0.2) is 0 Å². The molecular formula is C9H17NO2. The third kappa shape index (κ3) is 1.49. The van der Waals surface area contributed by atoms with Gasteiger partial charge in [0.2, 0.25) is 0 Å². The fraction of sp³-hybridized carbons (Fsp3) is 1.00. The molecule has 2 atom stereocenters. The van der Waals surface area contributed by atoms with Gasteiger partial charge in [-0.2, -0.15) is 0 Å². The molecular weight excluding hydrogens is 154 g/mol. The van der Waals surface area contributed by atoms with Gasteiger partial charge in [-0.3, -0.25) is 4.90 Å². The van der Waals surface area contributed by atoms with Crippen molar-refractivity contribution in [1.29, 1.82) is 0 Å². The number of rotatable bonds is 3. The molecule has 2 aliphatic heterocycles. The highest BCUT2D eigenvalue weighted by Gasteiger charge is 2.35. The van der Waals surface area contributed by atoms with Crippen molar-refractivity contribution < 1.29 is 9.47 Å². The summed E-state index contributed by atoms with van der Waals surface area (Å²) < 4.78 is 10.5. The molecule has 2 unspecified atom stereocenters. The molecule has 2 heterocycles. The summed E-state index contributed by atoms with van der Waals surface area (Å²) in [6.45, 7) is 4.00. The molecule has 2 fully saturated rings. The van der Waals surface area contributed by atoms with Crippen LogP contribution in [-0.2, 0) is 9.47 Å². The van der Waals surface area contributed by atoms with Gasteiger partial charge < -0.3 is 9.47 Å². The van der Waals surface area contributed by atoms with Crippen LogP contribution in [0.3, 0.4) is 0 Å². The van der Waals surface area contributed by atoms with Crippen LogP contribution in [0.5, 0.6) is 0 Å². The summed E-state index contributed by atoms with van der Waals surface area (Å²) >= 11 is 0. The molecule has 2 saturated heterocycles. The number of ether oxygens (including phenoxy) is 2. The smallest absolute Gasteiger partial charge is 0.0622 e. The van der Waals surface area contributed by atoms with Crippen LogP contribution in [0.2, 0.25) is 0 Å². The van der Waals surface area contributed by atoms with Crippen molar-refractivity contribution >= 4 is 0 Å². The molecule has 3 heteroatoms. The van der Waals surface area contributed by atoms with Gasteiger partial charge in [0.25, 0.3) is 0 Å². The molecule has 0 bridgehead atoms. The summed E-state index contributed by atoms with van der Waals surface area (Å²) in [6, 6.07) is 1.35. The fourth-order valence-electron chi connectivity index (χ4n) is 2.10. The minimum Gasteiger partial charge on any atom is -0.383 e. The van der Waals surface area contributed by atoms with Gasteiger partial charge in [0.05, 0.1) is 13.2 Å². The monoisotopic (exact) mass is 171 g/mol. The number of methoxy groups -OCH3 is 1. The summed E-state index contributed by atoms with van der Waals surface area (Å²) in [4.78, 5) is 2.52. The predicted octanol–water partition coefficient (Wildman–Crippen LogP) is 0.496. The molecule has 2 rings (SSSR count). The third-order valence-corrected chi connectivity index (χ3v) is 2.92. The average molecular weight is 171 g/mol. The zero-order chi connectivity index (χ0) is 8.39. The summed E-state index contributed by atoms with van der Waals surface area (Å²) in [5.41, 5.74) is 0. The first-order valence-corrected chi connectivity index (χ1v) is 4.74. The Morgan fingerprint density at radius 1 is 1.50 bits per heavy atom. The van der Waals surface area contributed by atoms with Crippen LogP contribution >= 0.6 is 0 Å². The lowest BCUT2D eigenvalue weighted by Gasteiger charge is -2.44. The first-order valence-electron chi connectivity index (χ1n) is 4.74. The third-order valence-electron chi connectivity index (χ3n) is 2.92. The van der Waals surface area contributed by atoms with Crippen LogP contribution in [0.15, 0.2) is 0 Å². The Kier molecular flexibility index (Phi) is 2.63. The van der Waals surface area contributed by atoms with E-state index in [1.54, 1.807) is 7.11 Å². The Hall–Kier alpha value is -0.120. The van der Waals surface area contributed by atoms with Crippen molar-refractivity contribution in [2.75, 3.05) is 33.5 Å². The second kappa shape index (κ2) is 3.73. The molecule has 0 aromatic carbocycles. The van der Waals surface area contributed by atoms with Gasteiger partial charge in [0.1, 0.15) is 0 Å². The maximum atomic E-state index is 5.36. The van der Waals surface area contributed by atoms with Crippen LogP contribution in [0, 0.1) is 0 Å². The first kappa shape index (κ1) is 8.48. The number of hydrogen-bond acceptors (Lipinski definition) is 3. The van der Waals surface area contributed by atoms with E-state index in [-0.39, 0.29) is 0 Å². The van der Waals surface area contributed by atoms with E-state index in [2.05, 4.69) is 4.90 Å². The Morgan fingerprint density at radius 3 is 2.92 bits per heavy atom. The standard InChI is InChI=1S/C9H17NO2/c1-11-6-8-2-4-10(8)9-3-5-12-7-9/h8-9H,2-7H2,1H3. The Labute approximate surface area is 73.6 Å². The molecule has 0 radical (unpaired) electrons. The zero-order valence-electron chi connectivity index (χ0n) is 7.66. The quantitative estimate of drug-likeness (QED) is 0.617. The highest BCUT2D eigenvalue weighted by Crippen LogP contribution is 2.24. The molecule has 0 amide bonds. The zero-order valence-corrected chi connectivity index (χ0v) is 7.66. The first-order chi connectivity index (χ1) is 5.92. The topological polar surface area (TPSA) is 21.7 Å². The number of hydrogen-bond donors (Lipinski definition) is 0. The van der Waals surface area contributed by atoms with E-state index in [0.717, 1.165) is 19.8 Å². The van der Waals surface area contributed by atoms with Crippen molar-refractivity contribution in [3.63, 3.8) is 0 Å². The molecule has 2 aliphatic rings. The van der Waals surface area contributed by atoms with Crippen LogP contribution in [0.25, 0.3) is 0 Å². The maximum absolute atomic E-state index is 5.36. The van der Waals surface area contributed by atoms with Crippen molar-refractivity contribution in [3.8, 4) is 0 Å². The molecule has 3 nitrogen and oxygen atoms in total. The second-order valence-electron chi connectivity index (χ2n) is 3.65. The van der Waals surface area contributed by atoms with Crippen molar-refractivity contribution in [2.24, 2.45) is 0 Å². The highest BCUT2D eigenvalue weighted by atomic mass is 16.5. The van der Waals surface area contributed by atoms with E-state index >= 15 is 0 Å². The normalized spacial score (nSPS) is 36.8. The molecule has 0 N–H and O–H groups in total. The maximum Gasteiger partial charge on any atom is 0.0622 e. The Morgan fingerprint density at radius 2 is 2.42 bits per heavy atom. The lowest BCUT2D eigenvalue weighted by Crippen LogP contribution is -2.55. The Bertz CT molecular complexity index is 145. The van der Waals surface area contributed by atoms with Crippen LogP contribution in [0.4, 0.5) is 0 Å². The Balaban J connectivity index is 1.79. The number of nitrogens with zero attached hydrogens (tertiary/aromatic N) is 1. The molecule has 0 aromatic heterocycles. The summed E-state index contributed by atoms with van der Waals surface area (Å²) in [6.07, 6.45) is 2.50. The van der Waals surface area contributed by atoms with E-state index in [9.17, 15) is 0 Å². The summed E-state index contributed by atoms with van der Waals surface area (Å²) in [5.74, 6) is 0. The molecule has 12 heavy (non-hydrogen) atoms. The molecule has 0 aromatic rings. The van der Waals surface area contributed by atoms with Gasteiger partial charge >= 0.3 is 0 Å². The molecule has 0 spiro atoms. The molecule has 70 valence electrons. The fourth-order valence-corrected chi connectivity index (χ4v) is 2.10. The minimum absolute atomic E-state index is 0.668. The number of likely N-dealkylation sites (tertiary alicyclic amines) is 1. The lowest BCUT2D eigenvalue weighted by atomic mass is 10.00. The van der Waals surface area contributed by atoms with Crippen LogP contribution in [0.1, 0.15) is 12.8 Å². The van der Waals surface area contributed by atoms with E-state index in [1.807, 2.05) is 0 Å². The molecule has 0 aliphatic carbocycles. The van der Waals surface area contributed by atoms with Crippen molar-refractivity contribution in [1.82, 2.24) is 4.90 Å². The summed E-state index contributed by atoms with van der Waals surface area (Å²) in [5, 5.41) is 0. The largest absolute Gasteiger partial charge is 0.383 e. The van der Waals surface area contributed by atoms with E-state index in [4.69, 9.17) is 9.47 Å². The van der Waals surface area contributed by atoms with Gasteiger partial charge in [-0.1, -0.05) is 0 Å². The minimum atomic E-state index is 0.668. The van der Waals surface area contributed by atoms with Crippen molar-refractivity contribution in [2.45, 2.75) is 24.9 Å². The van der Waals surface area contributed by atoms with Gasteiger partial charge in [-0.15, -0.1) is 0 Å². The SMILES string of the molecule is COCC1CCN1C1CCOC1. The highest BCUT2D eigenvalue weighted by molar-refractivity contribution is 4.89. The van der Waals surface area contributed by atoms with E-state index in [0.29, 0.717) is 12.1 Å². The lowest BCUT2D eigenvalue weighted by molar-refractivity contribution is -0.0104. The summed E-state index contributed by atoms with van der Waals surface area (Å²) in [7, 11) is 1.78. The molecule has 0 saturated carbocycles. The van der Waals surface area contributed by atoms with Crippen LogP contribution in [-0.4, -0.2) is 50.5 Å². The average Bonchev–Trinajstić information content (AvgIpc) is 2.51. The van der Waals surface area contributed by atoms with Gasteiger partial charge in [0.15, 0.2) is 0 Å². The second-order valence-corrected chi connectivity index (χ2v) is 3.65.